The van der Waals surface area contributed by atoms with Crippen LogP contribution in [0.5, 0.6) is 0 Å². The van der Waals surface area contributed by atoms with Gasteiger partial charge in [-0.15, -0.1) is 15.3 Å². The molecular weight excluding hydrogens is 376 g/mol. The van der Waals surface area contributed by atoms with Crippen molar-refractivity contribution < 1.29 is 17.6 Å². The van der Waals surface area contributed by atoms with E-state index in [-0.39, 0.29) is 11.2 Å². The number of hydrogen-bond donors (Lipinski definition) is 0. The van der Waals surface area contributed by atoms with Crippen LogP contribution in [0.15, 0.2) is 36.4 Å². The van der Waals surface area contributed by atoms with Crippen molar-refractivity contribution in [1.82, 2.24) is 24.7 Å². The van der Waals surface area contributed by atoms with Crippen LogP contribution in [0.1, 0.15) is 29.8 Å². The molecule has 0 amide bonds. The van der Waals surface area contributed by atoms with E-state index in [0.29, 0.717) is 38.5 Å². The SMILES string of the molecule is FC(F)c1cccc(CN2CCN(c3ccc4nnc(C(F)F)n4n3)CC2)c1. The largest absolute Gasteiger partial charge is 0.353 e. The molecule has 1 saturated heterocycles. The Kier molecular flexibility index (Phi) is 5.12. The molecular formula is C18H18F4N6. The number of nitrogens with zero attached hydrogens (tertiary/aromatic N) is 6. The van der Waals surface area contributed by atoms with Crippen LogP contribution in [0.4, 0.5) is 23.4 Å². The van der Waals surface area contributed by atoms with Crippen molar-refractivity contribution in [1.29, 1.82) is 0 Å². The van der Waals surface area contributed by atoms with Crippen LogP contribution < -0.4 is 4.90 Å². The molecule has 28 heavy (non-hydrogen) atoms. The van der Waals surface area contributed by atoms with Crippen molar-refractivity contribution >= 4 is 11.5 Å². The smallest absolute Gasteiger partial charge is 0.299 e. The van der Waals surface area contributed by atoms with Crippen molar-refractivity contribution in [3.8, 4) is 0 Å². The van der Waals surface area contributed by atoms with Gasteiger partial charge in [-0.25, -0.2) is 17.6 Å². The molecule has 0 bridgehead atoms. The molecule has 6 nitrogen and oxygen atoms in total. The molecule has 0 N–H and O–H groups in total. The quantitative estimate of drug-likeness (QED) is 0.622. The van der Waals surface area contributed by atoms with Crippen LogP contribution in [0.25, 0.3) is 5.65 Å². The van der Waals surface area contributed by atoms with Gasteiger partial charge < -0.3 is 4.90 Å². The van der Waals surface area contributed by atoms with Gasteiger partial charge in [-0.2, -0.15) is 4.52 Å². The van der Waals surface area contributed by atoms with Crippen LogP contribution in [0, 0.1) is 0 Å². The highest BCUT2D eigenvalue weighted by atomic mass is 19.3. The Morgan fingerprint density at radius 1 is 0.893 bits per heavy atom. The van der Waals surface area contributed by atoms with Gasteiger partial charge in [0.05, 0.1) is 0 Å². The van der Waals surface area contributed by atoms with Gasteiger partial charge in [0.25, 0.3) is 12.9 Å². The van der Waals surface area contributed by atoms with Gasteiger partial charge in [-0.05, 0) is 23.8 Å². The van der Waals surface area contributed by atoms with Crippen molar-refractivity contribution in [2.24, 2.45) is 0 Å². The van der Waals surface area contributed by atoms with Gasteiger partial charge in [0.1, 0.15) is 5.82 Å². The molecule has 0 saturated carbocycles. The second-order valence-electron chi connectivity index (χ2n) is 6.63. The highest BCUT2D eigenvalue weighted by molar-refractivity contribution is 5.46. The lowest BCUT2D eigenvalue weighted by Gasteiger charge is -2.35. The topological polar surface area (TPSA) is 49.6 Å². The first-order valence-corrected chi connectivity index (χ1v) is 8.86. The average molecular weight is 394 g/mol. The van der Waals surface area contributed by atoms with Crippen molar-refractivity contribution in [2.45, 2.75) is 19.4 Å². The Bertz CT molecular complexity index is 952. The Morgan fingerprint density at radius 3 is 2.39 bits per heavy atom. The molecule has 1 aliphatic heterocycles. The molecule has 3 aromatic rings. The maximum absolute atomic E-state index is 13.0. The Labute approximate surface area is 158 Å². The number of fused-ring (bicyclic) bond motifs is 1. The molecule has 3 heterocycles. The summed E-state index contributed by atoms with van der Waals surface area (Å²) in [5.41, 5.74) is 1.14. The number of anilines is 1. The van der Waals surface area contributed by atoms with Gasteiger partial charge in [0.2, 0.25) is 5.82 Å². The van der Waals surface area contributed by atoms with Crippen LogP contribution >= 0.6 is 0 Å². The Morgan fingerprint density at radius 2 is 1.68 bits per heavy atom. The third kappa shape index (κ3) is 3.77. The Balaban J connectivity index is 1.42. The monoisotopic (exact) mass is 394 g/mol. The lowest BCUT2D eigenvalue weighted by Crippen LogP contribution is -2.46. The van der Waals surface area contributed by atoms with Gasteiger partial charge >= 0.3 is 0 Å². The second kappa shape index (κ2) is 7.70. The normalized spacial score (nSPS) is 15.9. The predicted octanol–water partition coefficient (Wildman–Crippen LogP) is 3.32. The minimum absolute atomic E-state index is 0.0254. The fraction of sp³-hybridized carbons (Fsp3) is 0.389. The molecule has 10 heteroatoms. The van der Waals surface area contributed by atoms with Crippen LogP contribution in [-0.2, 0) is 6.54 Å². The minimum Gasteiger partial charge on any atom is -0.353 e. The number of piperazine rings is 1. The number of benzene rings is 1. The molecule has 0 unspecified atom stereocenters. The van der Waals surface area contributed by atoms with E-state index in [1.54, 1.807) is 18.2 Å². The summed E-state index contributed by atoms with van der Waals surface area (Å²) >= 11 is 0. The van der Waals surface area contributed by atoms with Crippen LogP contribution in [0.3, 0.4) is 0 Å². The zero-order valence-corrected chi connectivity index (χ0v) is 14.8. The van der Waals surface area contributed by atoms with E-state index in [9.17, 15) is 17.6 Å². The average Bonchev–Trinajstić information content (AvgIpc) is 3.12. The summed E-state index contributed by atoms with van der Waals surface area (Å²) in [5.74, 6) is 0.0999. The molecule has 0 radical (unpaired) electrons. The molecule has 148 valence electrons. The second-order valence-corrected chi connectivity index (χ2v) is 6.63. The van der Waals surface area contributed by atoms with E-state index in [2.05, 4.69) is 20.2 Å². The summed E-state index contributed by atoms with van der Waals surface area (Å²) in [6.07, 6.45) is -5.23. The fourth-order valence-electron chi connectivity index (χ4n) is 3.32. The highest BCUT2D eigenvalue weighted by Gasteiger charge is 2.21. The number of hydrogen-bond acceptors (Lipinski definition) is 5. The molecule has 0 atom stereocenters. The molecule has 2 aromatic heterocycles. The molecule has 0 spiro atoms. The first-order valence-electron chi connectivity index (χ1n) is 8.86. The van der Waals surface area contributed by atoms with Gasteiger partial charge in [-0.3, -0.25) is 4.90 Å². The molecule has 1 aliphatic rings. The first kappa shape index (κ1) is 18.6. The zero-order chi connectivity index (χ0) is 19.7. The van der Waals surface area contributed by atoms with Crippen LogP contribution in [-0.4, -0.2) is 50.9 Å². The van der Waals surface area contributed by atoms with Gasteiger partial charge in [0.15, 0.2) is 5.65 Å². The lowest BCUT2D eigenvalue weighted by atomic mass is 10.1. The van der Waals surface area contributed by atoms with Gasteiger partial charge in [0, 0.05) is 38.3 Å². The van der Waals surface area contributed by atoms with Crippen LogP contribution in [0.2, 0.25) is 0 Å². The fourth-order valence-corrected chi connectivity index (χ4v) is 3.32. The van der Waals surface area contributed by atoms with E-state index in [1.807, 2.05) is 11.0 Å². The number of halogens is 4. The highest BCUT2D eigenvalue weighted by Crippen LogP contribution is 2.22. The standard InChI is InChI=1S/C18H18F4N6/c19-16(20)13-3-1-2-12(10-13)11-26-6-8-27(9-7-26)15-5-4-14-23-24-18(17(21)22)28(14)25-15/h1-5,10,16-17H,6-9,11H2. The summed E-state index contributed by atoms with van der Waals surface area (Å²) in [5, 5.41) is 11.4. The Hall–Kier alpha value is -2.75. The van der Waals surface area contributed by atoms with Crippen molar-refractivity contribution in [3.05, 3.63) is 53.3 Å². The maximum Gasteiger partial charge on any atom is 0.299 e. The summed E-state index contributed by atoms with van der Waals surface area (Å²) in [6.45, 7) is 3.31. The van der Waals surface area contributed by atoms with E-state index in [4.69, 9.17) is 0 Å². The van der Waals surface area contributed by atoms with Gasteiger partial charge in [-0.1, -0.05) is 18.2 Å². The third-order valence-corrected chi connectivity index (χ3v) is 4.77. The first-order chi connectivity index (χ1) is 13.5. The third-order valence-electron chi connectivity index (χ3n) is 4.77. The number of rotatable bonds is 5. The number of aromatic nitrogens is 4. The summed E-state index contributed by atoms with van der Waals surface area (Å²) in [4.78, 5) is 4.17. The van der Waals surface area contributed by atoms with Crippen molar-refractivity contribution in [2.75, 3.05) is 31.1 Å². The molecule has 1 aromatic carbocycles. The summed E-state index contributed by atoms with van der Waals surface area (Å²) in [7, 11) is 0. The van der Waals surface area contributed by atoms with E-state index in [1.165, 1.54) is 12.1 Å². The van der Waals surface area contributed by atoms with E-state index >= 15 is 0 Å². The summed E-state index contributed by atoms with van der Waals surface area (Å²) < 4.78 is 52.8. The molecule has 1 fully saturated rings. The van der Waals surface area contributed by atoms with Crippen molar-refractivity contribution in [3.63, 3.8) is 0 Å². The lowest BCUT2D eigenvalue weighted by molar-refractivity contribution is 0.137. The maximum atomic E-state index is 13.0. The zero-order valence-electron chi connectivity index (χ0n) is 14.8. The molecule has 4 rings (SSSR count). The van der Waals surface area contributed by atoms with E-state index < -0.39 is 18.7 Å². The summed E-state index contributed by atoms with van der Waals surface area (Å²) in [6, 6.07) is 9.79. The minimum atomic E-state index is -2.75. The number of alkyl halides is 4. The molecule has 0 aliphatic carbocycles. The van der Waals surface area contributed by atoms with E-state index in [0.717, 1.165) is 10.1 Å². The predicted molar refractivity (Wildman–Crippen MR) is 94.6 cm³/mol.